The standard InChI is InChI=1S/C7H13NO4/c1-5(9)3-12-4-6(8-2)7(10)11/h4-5,8-9H,3H2,1-2H3,(H,10,11)/b6-4+/t5-/m0/s1. The molecule has 0 unspecified atom stereocenters. The molecule has 0 aromatic heterocycles. The molecule has 3 N–H and O–H groups in total. The fraction of sp³-hybridized carbons (Fsp3) is 0.571. The Balaban J connectivity index is 3.87. The maximum Gasteiger partial charge on any atom is 0.355 e. The SMILES string of the molecule is CN/C(=C/OC[C@H](C)O)C(=O)O. The maximum atomic E-state index is 10.3. The second kappa shape index (κ2) is 5.42. The second-order valence-corrected chi connectivity index (χ2v) is 2.27. The lowest BCUT2D eigenvalue weighted by atomic mass is 10.4. The molecule has 0 bridgehead atoms. The van der Waals surface area contributed by atoms with Crippen LogP contribution in [-0.2, 0) is 9.53 Å². The lowest BCUT2D eigenvalue weighted by molar-refractivity contribution is -0.133. The van der Waals surface area contributed by atoms with Gasteiger partial charge < -0.3 is 20.3 Å². The van der Waals surface area contributed by atoms with E-state index in [-0.39, 0.29) is 12.3 Å². The zero-order valence-corrected chi connectivity index (χ0v) is 7.07. The van der Waals surface area contributed by atoms with Crippen LogP contribution in [0.25, 0.3) is 0 Å². The van der Waals surface area contributed by atoms with Gasteiger partial charge in [-0.15, -0.1) is 0 Å². The molecule has 0 rings (SSSR count). The van der Waals surface area contributed by atoms with Crippen LogP contribution in [0.5, 0.6) is 0 Å². The maximum absolute atomic E-state index is 10.3. The summed E-state index contributed by atoms with van der Waals surface area (Å²) in [5, 5.41) is 19.6. The van der Waals surface area contributed by atoms with Crippen molar-refractivity contribution in [1.82, 2.24) is 5.32 Å². The number of rotatable bonds is 5. The molecule has 0 saturated heterocycles. The first-order chi connectivity index (χ1) is 5.57. The Hall–Kier alpha value is -1.23. The van der Waals surface area contributed by atoms with Crippen LogP contribution in [0, 0.1) is 0 Å². The number of aliphatic hydroxyl groups is 1. The fourth-order valence-corrected chi connectivity index (χ4v) is 0.487. The lowest BCUT2D eigenvalue weighted by Crippen LogP contribution is -2.17. The summed E-state index contributed by atoms with van der Waals surface area (Å²) >= 11 is 0. The summed E-state index contributed by atoms with van der Waals surface area (Å²) in [6, 6.07) is 0. The summed E-state index contributed by atoms with van der Waals surface area (Å²) in [4.78, 5) is 10.3. The molecule has 0 aromatic carbocycles. The van der Waals surface area contributed by atoms with Gasteiger partial charge in [-0.05, 0) is 6.92 Å². The van der Waals surface area contributed by atoms with E-state index in [2.05, 4.69) is 5.32 Å². The number of aliphatic carboxylic acids is 1. The Morgan fingerprint density at radius 3 is 2.67 bits per heavy atom. The molecule has 0 aliphatic rings. The smallest absolute Gasteiger partial charge is 0.355 e. The highest BCUT2D eigenvalue weighted by Crippen LogP contribution is 1.90. The zero-order chi connectivity index (χ0) is 9.56. The Bertz CT molecular complexity index is 176. The van der Waals surface area contributed by atoms with Crippen LogP contribution >= 0.6 is 0 Å². The van der Waals surface area contributed by atoms with Gasteiger partial charge in [-0.25, -0.2) is 4.79 Å². The van der Waals surface area contributed by atoms with E-state index in [1.165, 1.54) is 7.05 Å². The highest BCUT2D eigenvalue weighted by Gasteiger charge is 2.03. The third kappa shape index (κ3) is 4.56. The van der Waals surface area contributed by atoms with E-state index < -0.39 is 12.1 Å². The van der Waals surface area contributed by atoms with E-state index in [1.54, 1.807) is 6.92 Å². The summed E-state index contributed by atoms with van der Waals surface area (Å²) in [7, 11) is 1.48. The summed E-state index contributed by atoms with van der Waals surface area (Å²) in [6.07, 6.45) is 0.461. The number of carboxylic acid groups (broad SMARTS) is 1. The molecule has 12 heavy (non-hydrogen) atoms. The number of nitrogens with one attached hydrogen (secondary N) is 1. The number of aliphatic hydroxyl groups excluding tert-OH is 1. The van der Waals surface area contributed by atoms with E-state index in [0.29, 0.717) is 0 Å². The molecular formula is C7H13NO4. The number of carbonyl (C=O) groups is 1. The van der Waals surface area contributed by atoms with E-state index in [4.69, 9.17) is 14.9 Å². The number of likely N-dealkylation sites (N-methyl/N-ethyl adjacent to an activating group) is 1. The molecule has 0 saturated carbocycles. The molecule has 1 atom stereocenters. The van der Waals surface area contributed by atoms with E-state index >= 15 is 0 Å². The number of hydrogen-bond acceptors (Lipinski definition) is 4. The summed E-state index contributed by atoms with van der Waals surface area (Å²) < 4.78 is 4.75. The predicted octanol–water partition coefficient (Wildman–Crippen LogP) is -0.471. The van der Waals surface area contributed by atoms with Crippen LogP contribution in [0.3, 0.4) is 0 Å². The van der Waals surface area contributed by atoms with Crippen molar-refractivity contribution < 1.29 is 19.7 Å². The Kier molecular flexibility index (Phi) is 4.87. The Morgan fingerprint density at radius 2 is 2.33 bits per heavy atom. The molecule has 0 radical (unpaired) electrons. The first-order valence-electron chi connectivity index (χ1n) is 3.48. The van der Waals surface area contributed by atoms with Crippen molar-refractivity contribution >= 4 is 5.97 Å². The van der Waals surface area contributed by atoms with Crippen molar-refractivity contribution in [2.75, 3.05) is 13.7 Å². The van der Waals surface area contributed by atoms with Crippen LogP contribution in [0.1, 0.15) is 6.92 Å². The van der Waals surface area contributed by atoms with Gasteiger partial charge in [-0.2, -0.15) is 0 Å². The molecule has 0 aromatic rings. The Morgan fingerprint density at radius 1 is 1.75 bits per heavy atom. The topological polar surface area (TPSA) is 78.8 Å². The van der Waals surface area contributed by atoms with Gasteiger partial charge in [0.1, 0.15) is 12.9 Å². The Labute approximate surface area is 70.7 Å². The van der Waals surface area contributed by atoms with Gasteiger partial charge in [-0.1, -0.05) is 0 Å². The van der Waals surface area contributed by atoms with E-state index in [1.807, 2.05) is 0 Å². The highest BCUT2D eigenvalue weighted by molar-refractivity contribution is 5.85. The molecule has 5 nitrogen and oxygen atoms in total. The number of carboxylic acids is 1. The monoisotopic (exact) mass is 175 g/mol. The van der Waals surface area contributed by atoms with Gasteiger partial charge in [0.05, 0.1) is 6.10 Å². The van der Waals surface area contributed by atoms with Crippen LogP contribution in [-0.4, -0.2) is 35.9 Å². The van der Waals surface area contributed by atoms with Gasteiger partial charge in [0.2, 0.25) is 0 Å². The average molecular weight is 175 g/mol. The molecule has 70 valence electrons. The van der Waals surface area contributed by atoms with Crippen molar-refractivity contribution in [3.63, 3.8) is 0 Å². The van der Waals surface area contributed by atoms with Crippen molar-refractivity contribution in [3.05, 3.63) is 12.0 Å². The molecule has 0 amide bonds. The summed E-state index contributed by atoms with van der Waals surface area (Å²) in [6.45, 7) is 1.63. The zero-order valence-electron chi connectivity index (χ0n) is 7.07. The molecule has 5 heteroatoms. The van der Waals surface area contributed by atoms with Gasteiger partial charge in [0.25, 0.3) is 0 Å². The fourth-order valence-electron chi connectivity index (χ4n) is 0.487. The minimum Gasteiger partial charge on any atom is -0.496 e. The quantitative estimate of drug-likeness (QED) is 0.389. The third-order valence-electron chi connectivity index (χ3n) is 1.04. The molecule has 0 spiro atoms. The van der Waals surface area contributed by atoms with Crippen LogP contribution < -0.4 is 5.32 Å². The van der Waals surface area contributed by atoms with E-state index in [0.717, 1.165) is 6.26 Å². The van der Waals surface area contributed by atoms with Crippen molar-refractivity contribution in [2.24, 2.45) is 0 Å². The highest BCUT2D eigenvalue weighted by atomic mass is 16.5. The van der Waals surface area contributed by atoms with Gasteiger partial charge >= 0.3 is 5.97 Å². The summed E-state index contributed by atoms with van der Waals surface area (Å²) in [5.41, 5.74) is -0.0457. The van der Waals surface area contributed by atoms with Gasteiger partial charge in [0, 0.05) is 7.05 Å². The van der Waals surface area contributed by atoms with Crippen molar-refractivity contribution in [2.45, 2.75) is 13.0 Å². The molecule has 0 heterocycles. The normalized spacial score (nSPS) is 13.8. The van der Waals surface area contributed by atoms with Crippen LogP contribution in [0.2, 0.25) is 0 Å². The van der Waals surface area contributed by atoms with Crippen molar-refractivity contribution in [3.8, 4) is 0 Å². The molecule has 0 aliphatic carbocycles. The molecule has 0 fully saturated rings. The summed E-state index contributed by atoms with van der Waals surface area (Å²) in [5.74, 6) is -1.09. The average Bonchev–Trinajstić information content (AvgIpc) is 1.96. The third-order valence-corrected chi connectivity index (χ3v) is 1.04. The molecular weight excluding hydrogens is 162 g/mol. The van der Waals surface area contributed by atoms with Gasteiger partial charge in [-0.3, -0.25) is 0 Å². The number of ether oxygens (including phenoxy) is 1. The van der Waals surface area contributed by atoms with Crippen LogP contribution in [0.4, 0.5) is 0 Å². The van der Waals surface area contributed by atoms with Crippen molar-refractivity contribution in [1.29, 1.82) is 0 Å². The minimum atomic E-state index is -1.09. The van der Waals surface area contributed by atoms with E-state index in [9.17, 15) is 4.79 Å². The number of hydrogen-bond donors (Lipinski definition) is 3. The molecule has 0 aliphatic heterocycles. The first kappa shape index (κ1) is 10.8. The van der Waals surface area contributed by atoms with Crippen LogP contribution in [0.15, 0.2) is 12.0 Å². The first-order valence-corrected chi connectivity index (χ1v) is 3.48. The predicted molar refractivity (Wildman–Crippen MR) is 42.4 cm³/mol. The lowest BCUT2D eigenvalue weighted by Gasteiger charge is -2.04. The minimum absolute atomic E-state index is 0.0457. The second-order valence-electron chi connectivity index (χ2n) is 2.27. The van der Waals surface area contributed by atoms with Gasteiger partial charge in [0.15, 0.2) is 5.70 Å². The largest absolute Gasteiger partial charge is 0.496 e.